The minimum atomic E-state index is -1.06. The van der Waals surface area contributed by atoms with Gasteiger partial charge < -0.3 is 10.6 Å². The molecular formula is C19H20N2O3S. The van der Waals surface area contributed by atoms with E-state index in [-0.39, 0.29) is 17.9 Å². The average Bonchev–Trinajstić information content (AvgIpc) is 2.61. The van der Waals surface area contributed by atoms with Gasteiger partial charge in [0.15, 0.2) is 0 Å². The highest BCUT2D eigenvalue weighted by Crippen LogP contribution is 2.26. The van der Waals surface area contributed by atoms with E-state index in [0.717, 1.165) is 16.8 Å². The highest BCUT2D eigenvalue weighted by molar-refractivity contribution is 7.84. The molecule has 2 atom stereocenters. The Labute approximate surface area is 149 Å². The number of rotatable bonds is 4. The molecule has 0 saturated heterocycles. The number of amides is 2. The number of carbonyl (C=O) groups excluding carboxylic acids is 2. The van der Waals surface area contributed by atoms with Crippen molar-refractivity contribution in [2.75, 3.05) is 11.6 Å². The lowest BCUT2D eigenvalue weighted by Gasteiger charge is -2.20. The fourth-order valence-electron chi connectivity index (χ4n) is 2.83. The van der Waals surface area contributed by atoms with Crippen LogP contribution in [-0.4, -0.2) is 22.3 Å². The third-order valence-electron chi connectivity index (χ3n) is 4.32. The number of nitrogens with one attached hydrogen (secondary N) is 2. The maximum atomic E-state index is 12.4. The van der Waals surface area contributed by atoms with E-state index in [1.54, 1.807) is 30.5 Å². The first-order valence-electron chi connectivity index (χ1n) is 8.11. The van der Waals surface area contributed by atoms with Crippen LogP contribution in [0.2, 0.25) is 0 Å². The molecule has 130 valence electrons. The number of anilines is 1. The zero-order valence-electron chi connectivity index (χ0n) is 14.2. The van der Waals surface area contributed by atoms with Crippen LogP contribution in [0.1, 0.15) is 40.9 Å². The third-order valence-corrected chi connectivity index (χ3v) is 5.26. The first-order chi connectivity index (χ1) is 11.9. The molecule has 0 bridgehead atoms. The molecule has 6 heteroatoms. The standard InChI is InChI=1S/C19H20N2O3S/c1-12(14-5-9-17-15(11-14)6-10-18(22)21-17)20-19(23)13-3-7-16(8-4-13)25(2)24/h3-5,7-9,11-12H,6,10H2,1-2H3,(H,20,23)(H,21,22). The summed E-state index contributed by atoms with van der Waals surface area (Å²) in [5.41, 5.74) is 3.47. The SMILES string of the molecule is CC(NC(=O)c1ccc(S(C)=O)cc1)c1ccc2c(c1)CCC(=O)N2. The molecule has 25 heavy (non-hydrogen) atoms. The Morgan fingerprint density at radius 2 is 1.88 bits per heavy atom. The number of fused-ring (bicyclic) bond motifs is 1. The highest BCUT2D eigenvalue weighted by atomic mass is 32.2. The predicted molar refractivity (Wildman–Crippen MR) is 98.0 cm³/mol. The van der Waals surface area contributed by atoms with Crippen molar-refractivity contribution >= 4 is 28.3 Å². The molecule has 5 nitrogen and oxygen atoms in total. The maximum Gasteiger partial charge on any atom is 0.251 e. The quantitative estimate of drug-likeness (QED) is 0.884. The van der Waals surface area contributed by atoms with Gasteiger partial charge >= 0.3 is 0 Å². The molecule has 2 unspecified atom stereocenters. The van der Waals surface area contributed by atoms with E-state index in [9.17, 15) is 13.8 Å². The summed E-state index contributed by atoms with van der Waals surface area (Å²) >= 11 is 0. The van der Waals surface area contributed by atoms with Crippen molar-refractivity contribution in [1.29, 1.82) is 0 Å². The van der Waals surface area contributed by atoms with Crippen LogP contribution in [-0.2, 0) is 22.0 Å². The fourth-order valence-corrected chi connectivity index (χ4v) is 3.35. The molecule has 0 aromatic heterocycles. The van der Waals surface area contributed by atoms with Crippen LogP contribution in [0.15, 0.2) is 47.4 Å². The maximum absolute atomic E-state index is 12.4. The van der Waals surface area contributed by atoms with Gasteiger partial charge in [-0.05, 0) is 54.8 Å². The van der Waals surface area contributed by atoms with Crippen molar-refractivity contribution in [1.82, 2.24) is 5.32 Å². The monoisotopic (exact) mass is 356 g/mol. The summed E-state index contributed by atoms with van der Waals surface area (Å²) in [5, 5.41) is 5.83. The van der Waals surface area contributed by atoms with Crippen molar-refractivity contribution in [3.05, 3.63) is 59.2 Å². The Morgan fingerprint density at radius 1 is 1.16 bits per heavy atom. The molecule has 2 amide bonds. The molecule has 0 saturated carbocycles. The molecule has 0 radical (unpaired) electrons. The van der Waals surface area contributed by atoms with E-state index in [1.807, 2.05) is 25.1 Å². The van der Waals surface area contributed by atoms with Gasteiger partial charge in [-0.15, -0.1) is 0 Å². The van der Waals surface area contributed by atoms with E-state index in [1.165, 1.54) is 0 Å². The molecule has 0 aliphatic carbocycles. The largest absolute Gasteiger partial charge is 0.346 e. The summed E-state index contributed by atoms with van der Waals surface area (Å²) in [6.07, 6.45) is 2.81. The molecule has 1 aliphatic rings. The minimum Gasteiger partial charge on any atom is -0.346 e. The molecule has 2 aromatic rings. The summed E-state index contributed by atoms with van der Waals surface area (Å²) in [4.78, 5) is 24.5. The first-order valence-corrected chi connectivity index (χ1v) is 9.67. The molecule has 3 rings (SSSR count). The van der Waals surface area contributed by atoms with E-state index < -0.39 is 10.8 Å². The second-order valence-corrected chi connectivity index (χ2v) is 7.52. The minimum absolute atomic E-state index is 0.0399. The van der Waals surface area contributed by atoms with Crippen LogP contribution >= 0.6 is 0 Å². The van der Waals surface area contributed by atoms with Gasteiger partial charge in [-0.3, -0.25) is 13.8 Å². The smallest absolute Gasteiger partial charge is 0.251 e. The molecule has 1 aliphatic heterocycles. The van der Waals surface area contributed by atoms with Gasteiger partial charge in [0.2, 0.25) is 5.91 Å². The van der Waals surface area contributed by atoms with E-state index in [0.29, 0.717) is 23.3 Å². The zero-order chi connectivity index (χ0) is 18.0. The number of hydrogen-bond donors (Lipinski definition) is 2. The molecule has 0 fully saturated rings. The van der Waals surface area contributed by atoms with Crippen molar-refractivity contribution < 1.29 is 13.8 Å². The summed E-state index contributed by atoms with van der Waals surface area (Å²) in [7, 11) is -1.06. The Balaban J connectivity index is 1.71. The molecule has 1 heterocycles. The molecular weight excluding hydrogens is 336 g/mol. The number of benzene rings is 2. The van der Waals surface area contributed by atoms with Gasteiger partial charge in [0.1, 0.15) is 0 Å². The Bertz CT molecular complexity index is 846. The summed E-state index contributed by atoms with van der Waals surface area (Å²) in [5.74, 6) is -0.134. The van der Waals surface area contributed by atoms with Crippen LogP contribution in [0.25, 0.3) is 0 Å². The van der Waals surface area contributed by atoms with Crippen LogP contribution in [0, 0.1) is 0 Å². The highest BCUT2D eigenvalue weighted by Gasteiger charge is 2.17. The predicted octanol–water partition coefficient (Wildman–Crippen LogP) is 2.80. The molecule has 2 N–H and O–H groups in total. The number of carbonyl (C=O) groups is 2. The Hall–Kier alpha value is -2.47. The van der Waals surface area contributed by atoms with Gasteiger partial charge in [0, 0.05) is 39.6 Å². The van der Waals surface area contributed by atoms with Crippen LogP contribution in [0.3, 0.4) is 0 Å². The second-order valence-electron chi connectivity index (χ2n) is 6.14. The second kappa shape index (κ2) is 7.19. The van der Waals surface area contributed by atoms with Crippen LogP contribution < -0.4 is 10.6 Å². The van der Waals surface area contributed by atoms with Crippen LogP contribution in [0.5, 0.6) is 0 Å². The van der Waals surface area contributed by atoms with E-state index in [4.69, 9.17) is 0 Å². The van der Waals surface area contributed by atoms with Crippen molar-refractivity contribution in [2.24, 2.45) is 0 Å². The summed E-state index contributed by atoms with van der Waals surface area (Å²) in [6, 6.07) is 12.4. The van der Waals surface area contributed by atoms with Crippen LogP contribution in [0.4, 0.5) is 5.69 Å². The lowest BCUT2D eigenvalue weighted by molar-refractivity contribution is -0.116. The Kier molecular flexibility index (Phi) is 4.99. The van der Waals surface area contributed by atoms with Gasteiger partial charge in [0.25, 0.3) is 5.91 Å². The van der Waals surface area contributed by atoms with E-state index >= 15 is 0 Å². The topological polar surface area (TPSA) is 75.3 Å². The molecule has 2 aromatic carbocycles. The average molecular weight is 356 g/mol. The van der Waals surface area contributed by atoms with Gasteiger partial charge in [-0.1, -0.05) is 12.1 Å². The summed E-state index contributed by atoms with van der Waals surface area (Å²) < 4.78 is 11.4. The summed E-state index contributed by atoms with van der Waals surface area (Å²) in [6.45, 7) is 1.93. The number of aryl methyl sites for hydroxylation is 1. The van der Waals surface area contributed by atoms with Crippen molar-refractivity contribution in [3.63, 3.8) is 0 Å². The Morgan fingerprint density at radius 3 is 2.56 bits per heavy atom. The molecule has 0 spiro atoms. The third kappa shape index (κ3) is 3.96. The first kappa shape index (κ1) is 17.4. The van der Waals surface area contributed by atoms with E-state index in [2.05, 4.69) is 10.6 Å². The zero-order valence-corrected chi connectivity index (χ0v) is 15.0. The van der Waals surface area contributed by atoms with Crippen molar-refractivity contribution in [2.45, 2.75) is 30.7 Å². The van der Waals surface area contributed by atoms with Crippen molar-refractivity contribution in [3.8, 4) is 0 Å². The number of hydrogen-bond acceptors (Lipinski definition) is 3. The lowest BCUT2D eigenvalue weighted by Crippen LogP contribution is -2.27. The normalized spacial score (nSPS) is 15.7. The van der Waals surface area contributed by atoms with Gasteiger partial charge in [0.05, 0.1) is 6.04 Å². The van der Waals surface area contributed by atoms with Gasteiger partial charge in [-0.25, -0.2) is 0 Å². The fraction of sp³-hybridized carbons (Fsp3) is 0.263. The van der Waals surface area contributed by atoms with Gasteiger partial charge in [-0.2, -0.15) is 0 Å². The lowest BCUT2D eigenvalue weighted by atomic mass is 9.97.